The van der Waals surface area contributed by atoms with Gasteiger partial charge in [-0.2, -0.15) is 0 Å². The Morgan fingerprint density at radius 1 is 1.69 bits per heavy atom. The molecule has 13 heavy (non-hydrogen) atoms. The third kappa shape index (κ3) is 1.26. The smallest absolute Gasteiger partial charge is 0.199 e. The molecule has 0 spiro atoms. The Hall–Kier alpha value is -1.20. The zero-order valence-corrected chi connectivity index (χ0v) is 7.34. The number of thiophene rings is 1. The number of aldehydes is 1. The highest BCUT2D eigenvalue weighted by molar-refractivity contribution is 7.15. The van der Waals surface area contributed by atoms with Crippen LogP contribution in [0.2, 0.25) is 0 Å². The van der Waals surface area contributed by atoms with Gasteiger partial charge in [0.25, 0.3) is 0 Å². The summed E-state index contributed by atoms with van der Waals surface area (Å²) in [6.45, 7) is -0.0232. The number of ketones is 1. The van der Waals surface area contributed by atoms with Crippen molar-refractivity contribution >= 4 is 23.4 Å². The average molecular weight is 198 g/mol. The molecule has 2 rings (SSSR count). The molecule has 0 radical (unpaired) electrons. The Labute approximate surface area is 77.8 Å². The van der Waals surface area contributed by atoms with Crippen LogP contribution in [0.1, 0.15) is 20.0 Å². The molecule has 1 aliphatic rings. The standard InChI is InChI=1S/C8H6O4S/c9-2-4-1-5-7(11)6(10)3-12-8(5)13-4/h1-2,6,10H,3H2. The van der Waals surface area contributed by atoms with E-state index in [9.17, 15) is 9.59 Å². The van der Waals surface area contributed by atoms with Gasteiger partial charge in [0.05, 0.1) is 10.4 Å². The summed E-state index contributed by atoms with van der Waals surface area (Å²) in [6.07, 6.45) is -0.437. The molecular weight excluding hydrogens is 192 g/mol. The molecule has 0 amide bonds. The van der Waals surface area contributed by atoms with Crippen molar-refractivity contribution in [1.82, 2.24) is 0 Å². The molecule has 1 atom stereocenters. The number of carbonyl (C=O) groups excluding carboxylic acids is 2. The van der Waals surface area contributed by atoms with Crippen LogP contribution in [0.3, 0.4) is 0 Å². The van der Waals surface area contributed by atoms with Crippen molar-refractivity contribution < 1.29 is 19.4 Å². The number of hydrogen-bond acceptors (Lipinski definition) is 5. The monoisotopic (exact) mass is 198 g/mol. The van der Waals surface area contributed by atoms with E-state index in [0.717, 1.165) is 11.3 Å². The van der Waals surface area contributed by atoms with E-state index in [4.69, 9.17) is 9.84 Å². The van der Waals surface area contributed by atoms with Crippen LogP contribution in [0, 0.1) is 0 Å². The third-order valence-corrected chi connectivity index (χ3v) is 2.75. The molecule has 2 heterocycles. The zero-order chi connectivity index (χ0) is 9.42. The van der Waals surface area contributed by atoms with Crippen molar-refractivity contribution in [1.29, 1.82) is 0 Å². The number of Topliss-reactive ketones (excluding diaryl/α,β-unsaturated/α-hetero) is 1. The van der Waals surface area contributed by atoms with E-state index in [1.807, 2.05) is 0 Å². The normalized spacial score (nSPS) is 20.7. The van der Waals surface area contributed by atoms with Gasteiger partial charge < -0.3 is 9.84 Å². The first-order valence-corrected chi connectivity index (χ1v) is 4.48. The Kier molecular flexibility index (Phi) is 1.90. The number of aliphatic hydroxyl groups is 1. The van der Waals surface area contributed by atoms with Crippen molar-refractivity contribution in [2.75, 3.05) is 6.61 Å². The second kappa shape index (κ2) is 2.93. The van der Waals surface area contributed by atoms with Crippen molar-refractivity contribution in [2.45, 2.75) is 6.10 Å². The average Bonchev–Trinajstić information content (AvgIpc) is 2.55. The molecule has 0 aromatic carbocycles. The Balaban J connectivity index is 2.47. The fourth-order valence-electron chi connectivity index (χ4n) is 1.14. The molecule has 1 aromatic heterocycles. The number of rotatable bonds is 1. The molecule has 68 valence electrons. The van der Waals surface area contributed by atoms with Crippen LogP contribution in [0.15, 0.2) is 6.07 Å². The van der Waals surface area contributed by atoms with E-state index in [2.05, 4.69) is 0 Å². The highest BCUT2D eigenvalue weighted by atomic mass is 32.1. The van der Waals surface area contributed by atoms with E-state index >= 15 is 0 Å². The first kappa shape index (κ1) is 8.40. The van der Waals surface area contributed by atoms with Crippen LogP contribution >= 0.6 is 11.3 Å². The summed E-state index contributed by atoms with van der Waals surface area (Å²) in [5.74, 6) is -0.370. The van der Waals surface area contributed by atoms with Gasteiger partial charge in [0, 0.05) is 0 Å². The second-order valence-corrected chi connectivity index (χ2v) is 3.71. The lowest BCUT2D eigenvalue weighted by Gasteiger charge is -2.16. The lowest BCUT2D eigenvalue weighted by Crippen LogP contribution is -2.31. The molecule has 1 unspecified atom stereocenters. The molecule has 0 aliphatic carbocycles. The summed E-state index contributed by atoms with van der Waals surface area (Å²) < 4.78 is 5.08. The summed E-state index contributed by atoms with van der Waals surface area (Å²) in [6, 6.07) is 1.44. The van der Waals surface area contributed by atoms with Crippen LogP contribution in [-0.2, 0) is 0 Å². The van der Waals surface area contributed by atoms with E-state index in [1.165, 1.54) is 6.07 Å². The molecule has 0 saturated heterocycles. The molecule has 1 aromatic rings. The summed E-state index contributed by atoms with van der Waals surface area (Å²) in [5.41, 5.74) is 0.311. The van der Waals surface area contributed by atoms with E-state index in [-0.39, 0.29) is 12.4 Å². The molecule has 1 N–H and O–H groups in total. The predicted octanol–water partition coefficient (Wildman–Crippen LogP) is 0.497. The van der Waals surface area contributed by atoms with E-state index < -0.39 is 6.10 Å². The van der Waals surface area contributed by atoms with Gasteiger partial charge >= 0.3 is 0 Å². The van der Waals surface area contributed by atoms with Gasteiger partial charge in [-0.3, -0.25) is 9.59 Å². The summed E-state index contributed by atoms with van der Waals surface area (Å²) in [5, 5.41) is 9.58. The van der Waals surface area contributed by atoms with Crippen molar-refractivity contribution in [2.24, 2.45) is 0 Å². The van der Waals surface area contributed by atoms with Crippen molar-refractivity contribution in [3.05, 3.63) is 16.5 Å². The van der Waals surface area contributed by atoms with Gasteiger partial charge in [-0.15, -0.1) is 0 Å². The van der Waals surface area contributed by atoms with Crippen molar-refractivity contribution in [3.63, 3.8) is 0 Å². The highest BCUT2D eigenvalue weighted by Gasteiger charge is 2.29. The van der Waals surface area contributed by atoms with Gasteiger partial charge in [0.15, 0.2) is 23.2 Å². The maximum Gasteiger partial charge on any atom is 0.199 e. The van der Waals surface area contributed by atoms with Gasteiger partial charge in [-0.1, -0.05) is 11.3 Å². The Morgan fingerprint density at radius 3 is 3.15 bits per heavy atom. The number of carbonyl (C=O) groups is 2. The Bertz CT molecular complexity index is 368. The SMILES string of the molecule is O=Cc1cc2c(s1)OCC(O)C2=O. The van der Waals surface area contributed by atoms with Gasteiger partial charge in [0.2, 0.25) is 0 Å². The first-order chi connectivity index (χ1) is 6.22. The Morgan fingerprint density at radius 2 is 2.46 bits per heavy atom. The minimum Gasteiger partial charge on any atom is -0.480 e. The minimum atomic E-state index is -1.10. The number of aliphatic hydroxyl groups excluding tert-OH is 1. The zero-order valence-electron chi connectivity index (χ0n) is 6.52. The summed E-state index contributed by atoms with van der Waals surface area (Å²) in [4.78, 5) is 22.1. The molecule has 0 bridgehead atoms. The minimum absolute atomic E-state index is 0.0232. The molecule has 5 heteroatoms. The van der Waals surface area contributed by atoms with Gasteiger partial charge in [-0.25, -0.2) is 0 Å². The first-order valence-electron chi connectivity index (χ1n) is 3.66. The summed E-state index contributed by atoms with van der Waals surface area (Å²) >= 11 is 1.12. The topological polar surface area (TPSA) is 63.6 Å². The summed E-state index contributed by atoms with van der Waals surface area (Å²) in [7, 11) is 0. The van der Waals surface area contributed by atoms with Crippen LogP contribution in [0.4, 0.5) is 0 Å². The molecule has 0 saturated carbocycles. The maximum absolute atomic E-state index is 11.3. The largest absolute Gasteiger partial charge is 0.480 e. The number of fused-ring (bicyclic) bond motifs is 1. The highest BCUT2D eigenvalue weighted by Crippen LogP contribution is 2.33. The van der Waals surface area contributed by atoms with Crippen LogP contribution < -0.4 is 4.74 Å². The van der Waals surface area contributed by atoms with Crippen molar-refractivity contribution in [3.8, 4) is 5.06 Å². The molecular formula is C8H6O4S. The number of ether oxygens (including phenoxy) is 1. The quantitative estimate of drug-likeness (QED) is 0.667. The van der Waals surface area contributed by atoms with Gasteiger partial charge in [0.1, 0.15) is 6.61 Å². The third-order valence-electron chi connectivity index (χ3n) is 1.77. The van der Waals surface area contributed by atoms with Gasteiger partial charge in [-0.05, 0) is 6.07 Å². The lowest BCUT2D eigenvalue weighted by molar-refractivity contribution is 0.0568. The lowest BCUT2D eigenvalue weighted by atomic mass is 10.1. The van der Waals surface area contributed by atoms with Crippen LogP contribution in [-0.4, -0.2) is 29.9 Å². The maximum atomic E-state index is 11.3. The fourth-order valence-corrected chi connectivity index (χ4v) is 1.97. The second-order valence-electron chi connectivity index (χ2n) is 2.66. The van der Waals surface area contributed by atoms with Crippen LogP contribution in [0.5, 0.6) is 5.06 Å². The fraction of sp³-hybridized carbons (Fsp3) is 0.250. The van der Waals surface area contributed by atoms with E-state index in [1.54, 1.807) is 0 Å². The number of hydrogen-bond donors (Lipinski definition) is 1. The molecule has 4 nitrogen and oxygen atoms in total. The molecule has 1 aliphatic heterocycles. The molecule has 0 fully saturated rings. The van der Waals surface area contributed by atoms with E-state index in [0.29, 0.717) is 21.8 Å². The predicted molar refractivity (Wildman–Crippen MR) is 45.5 cm³/mol. The van der Waals surface area contributed by atoms with Crippen LogP contribution in [0.25, 0.3) is 0 Å².